The Morgan fingerprint density at radius 2 is 1.92 bits per heavy atom. The Morgan fingerprint density at radius 3 is 2.72 bits per heavy atom. The monoisotopic (exact) mass is 337 g/mol. The number of hydrogen-bond donors (Lipinski definition) is 0. The molecule has 6 heteroatoms. The summed E-state index contributed by atoms with van der Waals surface area (Å²) < 4.78 is 12.6. The van der Waals surface area contributed by atoms with Crippen LogP contribution in [-0.2, 0) is 4.74 Å². The Bertz CT molecular complexity index is 832. The molecule has 0 radical (unpaired) electrons. The van der Waals surface area contributed by atoms with E-state index in [-0.39, 0.29) is 5.91 Å². The number of aromatic nitrogens is 2. The number of rotatable bonds is 3. The lowest BCUT2D eigenvalue weighted by atomic mass is 10.2. The second kappa shape index (κ2) is 6.94. The fraction of sp³-hybridized carbons (Fsp3) is 0.263. The van der Waals surface area contributed by atoms with Crippen molar-refractivity contribution < 1.29 is 13.9 Å². The van der Waals surface area contributed by atoms with Gasteiger partial charge in [-0.05, 0) is 30.7 Å². The van der Waals surface area contributed by atoms with Crippen LogP contribution in [0.4, 0.5) is 0 Å². The van der Waals surface area contributed by atoms with E-state index in [1.807, 2.05) is 47.4 Å². The molecule has 25 heavy (non-hydrogen) atoms. The van der Waals surface area contributed by atoms with Crippen LogP contribution in [0.15, 0.2) is 59.2 Å². The van der Waals surface area contributed by atoms with Crippen LogP contribution in [0.3, 0.4) is 0 Å². The molecular weight excluding hydrogens is 318 g/mol. The first-order valence-corrected chi connectivity index (χ1v) is 8.39. The van der Waals surface area contributed by atoms with Crippen molar-refractivity contribution in [3.05, 3.63) is 60.5 Å². The van der Waals surface area contributed by atoms with E-state index >= 15 is 0 Å². The fourth-order valence-corrected chi connectivity index (χ4v) is 2.96. The average molecular weight is 337 g/mol. The number of furan rings is 1. The van der Waals surface area contributed by atoms with Crippen LogP contribution in [0, 0.1) is 0 Å². The number of carbonyl (C=O) groups is 1. The smallest absolute Gasteiger partial charge is 0.272 e. The zero-order valence-electron chi connectivity index (χ0n) is 13.8. The van der Waals surface area contributed by atoms with Crippen LogP contribution in [-0.4, -0.2) is 46.9 Å². The predicted octanol–water partition coefficient (Wildman–Crippen LogP) is 2.99. The van der Waals surface area contributed by atoms with E-state index in [0.717, 1.165) is 12.1 Å². The highest BCUT2D eigenvalue weighted by Gasteiger charge is 2.24. The number of carbonyl (C=O) groups excluding carboxylic acids is 1. The molecule has 6 nitrogen and oxygen atoms in total. The molecule has 1 aliphatic heterocycles. The third-order valence-electron chi connectivity index (χ3n) is 4.21. The molecule has 1 aromatic carbocycles. The van der Waals surface area contributed by atoms with Crippen LogP contribution >= 0.6 is 0 Å². The molecule has 4 rings (SSSR count). The first kappa shape index (κ1) is 15.7. The third kappa shape index (κ3) is 3.21. The highest BCUT2D eigenvalue weighted by molar-refractivity contribution is 5.94. The van der Waals surface area contributed by atoms with E-state index in [0.29, 0.717) is 43.5 Å². The topological polar surface area (TPSA) is 60.5 Å². The summed E-state index contributed by atoms with van der Waals surface area (Å²) in [5.74, 6) is 0.600. The van der Waals surface area contributed by atoms with Gasteiger partial charge in [-0.25, -0.2) is 4.68 Å². The van der Waals surface area contributed by atoms with Crippen molar-refractivity contribution in [3.8, 4) is 17.1 Å². The van der Waals surface area contributed by atoms with Crippen molar-refractivity contribution in [2.24, 2.45) is 0 Å². The second-order valence-corrected chi connectivity index (χ2v) is 5.90. The summed E-state index contributed by atoms with van der Waals surface area (Å²) in [5.41, 5.74) is 2.01. The number of para-hydroxylation sites is 1. The lowest BCUT2D eigenvalue weighted by Crippen LogP contribution is -2.34. The summed E-state index contributed by atoms with van der Waals surface area (Å²) in [4.78, 5) is 14.9. The Labute approximate surface area is 145 Å². The summed E-state index contributed by atoms with van der Waals surface area (Å²) in [6.07, 6.45) is 2.45. The molecule has 2 aromatic heterocycles. The summed E-state index contributed by atoms with van der Waals surface area (Å²) in [7, 11) is 0. The van der Waals surface area contributed by atoms with Crippen LogP contribution in [0.5, 0.6) is 0 Å². The molecular formula is C19H19N3O3. The average Bonchev–Trinajstić information content (AvgIpc) is 3.26. The molecule has 128 valence electrons. The van der Waals surface area contributed by atoms with Crippen LogP contribution in [0.2, 0.25) is 0 Å². The lowest BCUT2D eigenvalue weighted by molar-refractivity contribution is 0.0732. The zero-order valence-corrected chi connectivity index (χ0v) is 13.8. The molecule has 1 saturated heterocycles. The molecule has 0 N–H and O–H groups in total. The minimum atomic E-state index is -0.0420. The fourth-order valence-electron chi connectivity index (χ4n) is 2.96. The van der Waals surface area contributed by atoms with Gasteiger partial charge in [0, 0.05) is 25.8 Å². The van der Waals surface area contributed by atoms with E-state index in [4.69, 9.17) is 9.15 Å². The molecule has 1 fully saturated rings. The van der Waals surface area contributed by atoms with Gasteiger partial charge in [0.2, 0.25) is 0 Å². The third-order valence-corrected chi connectivity index (χ3v) is 4.21. The quantitative estimate of drug-likeness (QED) is 0.737. The van der Waals surface area contributed by atoms with Gasteiger partial charge in [0.15, 0.2) is 5.76 Å². The van der Waals surface area contributed by atoms with E-state index in [2.05, 4.69) is 5.10 Å². The van der Waals surface area contributed by atoms with Crippen LogP contribution < -0.4 is 0 Å². The number of ether oxygens (including phenoxy) is 1. The first-order chi connectivity index (χ1) is 12.3. The Morgan fingerprint density at radius 1 is 1.04 bits per heavy atom. The van der Waals surface area contributed by atoms with Crippen molar-refractivity contribution in [2.45, 2.75) is 6.42 Å². The van der Waals surface area contributed by atoms with Gasteiger partial charge in [0.05, 0.1) is 18.6 Å². The molecule has 0 unspecified atom stereocenters. The summed E-state index contributed by atoms with van der Waals surface area (Å²) in [6, 6.07) is 15.1. The van der Waals surface area contributed by atoms with Crippen molar-refractivity contribution in [1.82, 2.24) is 14.7 Å². The highest BCUT2D eigenvalue weighted by atomic mass is 16.5. The number of amides is 1. The Hall–Kier alpha value is -2.86. The van der Waals surface area contributed by atoms with Gasteiger partial charge in [0.1, 0.15) is 11.4 Å². The summed E-state index contributed by atoms with van der Waals surface area (Å²) >= 11 is 0. The molecule has 3 aromatic rings. The molecule has 0 atom stereocenters. The maximum atomic E-state index is 13.1. The maximum Gasteiger partial charge on any atom is 0.272 e. The number of hydrogen-bond acceptors (Lipinski definition) is 4. The largest absolute Gasteiger partial charge is 0.463 e. The second-order valence-electron chi connectivity index (χ2n) is 5.90. The van der Waals surface area contributed by atoms with Crippen molar-refractivity contribution >= 4 is 5.91 Å². The van der Waals surface area contributed by atoms with Crippen LogP contribution in [0.25, 0.3) is 17.1 Å². The normalized spacial score (nSPS) is 15.1. The minimum absolute atomic E-state index is 0.0420. The van der Waals surface area contributed by atoms with Crippen molar-refractivity contribution in [3.63, 3.8) is 0 Å². The van der Waals surface area contributed by atoms with Gasteiger partial charge in [0.25, 0.3) is 5.91 Å². The molecule has 0 aliphatic carbocycles. The minimum Gasteiger partial charge on any atom is -0.463 e. The number of benzene rings is 1. The molecule has 1 aliphatic rings. The SMILES string of the molecule is O=C(c1cc(-c2ccco2)nn1-c1ccccc1)N1CCCOCC1. The molecule has 3 heterocycles. The summed E-state index contributed by atoms with van der Waals surface area (Å²) in [6.45, 7) is 2.54. The molecule has 0 bridgehead atoms. The van der Waals surface area contributed by atoms with Crippen molar-refractivity contribution in [2.75, 3.05) is 26.3 Å². The van der Waals surface area contributed by atoms with Gasteiger partial charge in [-0.1, -0.05) is 18.2 Å². The van der Waals surface area contributed by atoms with E-state index in [9.17, 15) is 4.79 Å². The zero-order chi connectivity index (χ0) is 17.1. The van der Waals surface area contributed by atoms with Gasteiger partial charge < -0.3 is 14.1 Å². The predicted molar refractivity (Wildman–Crippen MR) is 92.6 cm³/mol. The highest BCUT2D eigenvalue weighted by Crippen LogP contribution is 2.23. The van der Waals surface area contributed by atoms with E-state index in [1.54, 1.807) is 17.0 Å². The van der Waals surface area contributed by atoms with E-state index < -0.39 is 0 Å². The van der Waals surface area contributed by atoms with Crippen molar-refractivity contribution in [1.29, 1.82) is 0 Å². The number of nitrogens with zero attached hydrogens (tertiary/aromatic N) is 3. The van der Waals surface area contributed by atoms with E-state index in [1.165, 1.54) is 0 Å². The van der Waals surface area contributed by atoms with Gasteiger partial charge >= 0.3 is 0 Å². The summed E-state index contributed by atoms with van der Waals surface area (Å²) in [5, 5.41) is 4.61. The molecule has 0 saturated carbocycles. The Kier molecular flexibility index (Phi) is 4.35. The maximum absolute atomic E-state index is 13.1. The standard InChI is InChI=1S/C19H19N3O3/c23-19(21-9-5-11-24-13-10-21)17-14-16(18-8-4-12-25-18)20-22(17)15-6-2-1-3-7-15/h1-4,6-8,12,14H,5,9-11,13H2. The first-order valence-electron chi connectivity index (χ1n) is 8.39. The van der Waals surface area contributed by atoms with Gasteiger partial charge in [-0.3, -0.25) is 4.79 Å². The molecule has 1 amide bonds. The van der Waals surface area contributed by atoms with Crippen LogP contribution in [0.1, 0.15) is 16.9 Å². The molecule has 0 spiro atoms. The Balaban J connectivity index is 1.75. The van der Waals surface area contributed by atoms with Gasteiger partial charge in [-0.2, -0.15) is 5.10 Å². The lowest BCUT2D eigenvalue weighted by Gasteiger charge is -2.19. The van der Waals surface area contributed by atoms with Gasteiger partial charge in [-0.15, -0.1) is 0 Å².